The number of piperidine rings is 1. The average molecular weight is 217 g/mol. The van der Waals surface area contributed by atoms with Gasteiger partial charge in [-0.25, -0.2) is 0 Å². The summed E-state index contributed by atoms with van der Waals surface area (Å²) < 4.78 is 0. The lowest BCUT2D eigenvalue weighted by Gasteiger charge is -2.29. The lowest BCUT2D eigenvalue weighted by atomic mass is 9.86. The lowest BCUT2D eigenvalue weighted by molar-refractivity contribution is 0.299. The van der Waals surface area contributed by atoms with Gasteiger partial charge in [-0.1, -0.05) is 36.5 Å². The van der Waals surface area contributed by atoms with E-state index in [9.17, 15) is 0 Å². The minimum absolute atomic E-state index is 0.810. The monoisotopic (exact) mass is 217 g/mol. The Morgan fingerprint density at radius 1 is 1.31 bits per heavy atom. The molecule has 2 aliphatic heterocycles. The van der Waals surface area contributed by atoms with E-state index < -0.39 is 0 Å². The molecule has 16 heavy (non-hydrogen) atoms. The topological polar surface area (TPSA) is 12.0 Å². The molecule has 1 nitrogen and oxygen atoms in total. The first kappa shape index (κ1) is 11.7. The van der Waals surface area contributed by atoms with E-state index in [2.05, 4.69) is 31.0 Å². The Hall–Kier alpha value is -0.820. The van der Waals surface area contributed by atoms with Crippen LogP contribution in [0.15, 0.2) is 36.5 Å². The Kier molecular flexibility index (Phi) is 4.00. The van der Waals surface area contributed by atoms with Gasteiger partial charge in [-0.15, -0.1) is 0 Å². The normalized spacial score (nSPS) is 34.6. The van der Waals surface area contributed by atoms with Gasteiger partial charge in [0.05, 0.1) is 0 Å². The van der Waals surface area contributed by atoms with Gasteiger partial charge in [-0.3, -0.25) is 0 Å². The quantitative estimate of drug-likeness (QED) is 0.710. The number of hydrogen-bond donors (Lipinski definition) is 1. The third kappa shape index (κ3) is 2.85. The Morgan fingerprint density at radius 2 is 2.00 bits per heavy atom. The summed E-state index contributed by atoms with van der Waals surface area (Å²) in [4.78, 5) is 0. The molecular formula is C15H23N. The van der Waals surface area contributed by atoms with Crippen molar-refractivity contribution in [1.82, 2.24) is 5.32 Å². The van der Waals surface area contributed by atoms with Crippen LogP contribution in [-0.2, 0) is 0 Å². The summed E-state index contributed by atoms with van der Waals surface area (Å²) in [6.45, 7) is 5.86. The van der Waals surface area contributed by atoms with E-state index in [1.54, 1.807) is 0 Å². The molecule has 1 heteroatoms. The third-order valence-electron chi connectivity index (χ3n) is 3.91. The number of rotatable bonds is 4. The van der Waals surface area contributed by atoms with Gasteiger partial charge < -0.3 is 5.32 Å². The second-order valence-electron chi connectivity index (χ2n) is 5.14. The molecule has 0 amide bonds. The van der Waals surface area contributed by atoms with Gasteiger partial charge in [0.15, 0.2) is 0 Å². The summed E-state index contributed by atoms with van der Waals surface area (Å²) in [5, 5.41) is 3.70. The molecule has 0 aromatic rings. The largest absolute Gasteiger partial charge is 0.311 e. The second kappa shape index (κ2) is 5.49. The SMILES string of the molecule is C=C/C=C\C(=C/C)CC1CC2CCC(C1)N2. The Bertz CT molecular complexity index is 289. The van der Waals surface area contributed by atoms with Gasteiger partial charge in [0.1, 0.15) is 0 Å². The van der Waals surface area contributed by atoms with Crippen LogP contribution in [0.2, 0.25) is 0 Å². The van der Waals surface area contributed by atoms with Crippen molar-refractivity contribution in [2.75, 3.05) is 0 Å². The molecule has 0 aliphatic carbocycles. The zero-order chi connectivity index (χ0) is 11.4. The molecule has 88 valence electrons. The summed E-state index contributed by atoms with van der Waals surface area (Å²) in [5.74, 6) is 0.888. The molecule has 2 aliphatic rings. The maximum absolute atomic E-state index is 3.72. The van der Waals surface area contributed by atoms with Crippen molar-refractivity contribution in [2.45, 2.75) is 51.1 Å². The molecule has 0 spiro atoms. The number of nitrogens with one attached hydrogen (secondary N) is 1. The fourth-order valence-corrected chi connectivity index (χ4v) is 3.15. The zero-order valence-electron chi connectivity index (χ0n) is 10.3. The van der Waals surface area contributed by atoms with Crippen LogP contribution in [0, 0.1) is 5.92 Å². The molecule has 2 bridgehead atoms. The van der Waals surface area contributed by atoms with Crippen LogP contribution in [-0.4, -0.2) is 12.1 Å². The molecular weight excluding hydrogens is 194 g/mol. The molecule has 0 radical (unpaired) electrons. The van der Waals surface area contributed by atoms with E-state index in [1.807, 2.05) is 12.2 Å². The highest BCUT2D eigenvalue weighted by atomic mass is 15.0. The highest BCUT2D eigenvalue weighted by molar-refractivity contribution is 5.21. The van der Waals surface area contributed by atoms with Gasteiger partial charge in [0.2, 0.25) is 0 Å². The van der Waals surface area contributed by atoms with E-state index in [-0.39, 0.29) is 0 Å². The van der Waals surface area contributed by atoms with Crippen molar-refractivity contribution in [2.24, 2.45) is 5.92 Å². The molecule has 2 rings (SSSR count). The highest BCUT2D eigenvalue weighted by Gasteiger charge is 2.33. The second-order valence-corrected chi connectivity index (χ2v) is 5.14. The first-order valence-corrected chi connectivity index (χ1v) is 6.52. The Balaban J connectivity index is 1.89. The van der Waals surface area contributed by atoms with E-state index >= 15 is 0 Å². The van der Waals surface area contributed by atoms with Crippen molar-refractivity contribution < 1.29 is 0 Å². The van der Waals surface area contributed by atoms with E-state index in [0.717, 1.165) is 18.0 Å². The average Bonchev–Trinajstić information content (AvgIpc) is 2.64. The molecule has 0 aromatic heterocycles. The maximum atomic E-state index is 3.72. The molecule has 2 saturated heterocycles. The lowest BCUT2D eigenvalue weighted by Crippen LogP contribution is -2.38. The number of allylic oxidation sites excluding steroid dienone is 5. The predicted octanol–water partition coefficient (Wildman–Crippen LogP) is 3.60. The van der Waals surface area contributed by atoms with Crippen LogP contribution in [0.5, 0.6) is 0 Å². The van der Waals surface area contributed by atoms with Crippen molar-refractivity contribution >= 4 is 0 Å². The van der Waals surface area contributed by atoms with E-state index in [1.165, 1.54) is 37.7 Å². The molecule has 2 atom stereocenters. The molecule has 0 saturated carbocycles. The van der Waals surface area contributed by atoms with Gasteiger partial charge in [-0.05, 0) is 44.9 Å². The van der Waals surface area contributed by atoms with Crippen molar-refractivity contribution in [1.29, 1.82) is 0 Å². The minimum Gasteiger partial charge on any atom is -0.311 e. The van der Waals surface area contributed by atoms with Gasteiger partial charge in [0, 0.05) is 12.1 Å². The summed E-state index contributed by atoms with van der Waals surface area (Å²) in [6, 6.07) is 1.62. The number of fused-ring (bicyclic) bond motifs is 2. The van der Waals surface area contributed by atoms with Crippen LogP contribution in [0.3, 0.4) is 0 Å². The fraction of sp³-hybridized carbons (Fsp3) is 0.600. The van der Waals surface area contributed by atoms with E-state index in [4.69, 9.17) is 0 Å². The minimum atomic E-state index is 0.810. The Morgan fingerprint density at radius 3 is 2.56 bits per heavy atom. The van der Waals surface area contributed by atoms with E-state index in [0.29, 0.717) is 0 Å². The zero-order valence-corrected chi connectivity index (χ0v) is 10.3. The highest BCUT2D eigenvalue weighted by Crippen LogP contribution is 2.34. The molecule has 2 heterocycles. The molecule has 0 aromatic carbocycles. The first-order chi connectivity index (χ1) is 7.81. The summed E-state index contributed by atoms with van der Waals surface area (Å²) >= 11 is 0. The summed E-state index contributed by atoms with van der Waals surface area (Å²) in [7, 11) is 0. The first-order valence-electron chi connectivity index (χ1n) is 6.52. The van der Waals surface area contributed by atoms with Gasteiger partial charge in [-0.2, -0.15) is 0 Å². The predicted molar refractivity (Wildman–Crippen MR) is 70.4 cm³/mol. The summed E-state index contributed by atoms with van der Waals surface area (Å²) in [6.07, 6.45) is 15.1. The fourth-order valence-electron chi connectivity index (χ4n) is 3.15. The van der Waals surface area contributed by atoms with Crippen molar-refractivity contribution in [3.05, 3.63) is 36.5 Å². The van der Waals surface area contributed by atoms with Crippen LogP contribution >= 0.6 is 0 Å². The standard InChI is InChI=1S/C15H23N/c1-3-5-6-12(4-2)9-13-10-14-7-8-15(11-13)16-14/h3-6,13-16H,1,7-11H2,2H3/b6-5-,12-4+. The number of hydrogen-bond acceptors (Lipinski definition) is 1. The Labute approximate surface area is 99.3 Å². The molecule has 2 fully saturated rings. The van der Waals surface area contributed by atoms with Crippen LogP contribution in [0.25, 0.3) is 0 Å². The molecule has 2 unspecified atom stereocenters. The molecule has 1 N–H and O–H groups in total. The van der Waals surface area contributed by atoms with Crippen LogP contribution in [0.4, 0.5) is 0 Å². The van der Waals surface area contributed by atoms with Gasteiger partial charge in [0.25, 0.3) is 0 Å². The third-order valence-corrected chi connectivity index (χ3v) is 3.91. The smallest absolute Gasteiger partial charge is 0.00729 e. The van der Waals surface area contributed by atoms with Crippen LogP contribution in [0.1, 0.15) is 39.0 Å². The maximum Gasteiger partial charge on any atom is 0.00729 e. The van der Waals surface area contributed by atoms with Crippen LogP contribution < -0.4 is 5.32 Å². The van der Waals surface area contributed by atoms with Crippen molar-refractivity contribution in [3.8, 4) is 0 Å². The van der Waals surface area contributed by atoms with Crippen molar-refractivity contribution in [3.63, 3.8) is 0 Å². The summed E-state index contributed by atoms with van der Waals surface area (Å²) in [5.41, 5.74) is 1.46. The van der Waals surface area contributed by atoms with Gasteiger partial charge >= 0.3 is 0 Å².